The first kappa shape index (κ1) is 23.3. The molecule has 0 aliphatic heterocycles. The summed E-state index contributed by atoms with van der Waals surface area (Å²) in [6.07, 6.45) is 0. The maximum absolute atomic E-state index is 12.4. The second-order valence-electron chi connectivity index (χ2n) is 7.41. The number of hydrogen-bond acceptors (Lipinski definition) is 5. The molecular formula is C22H22Cl2N4O2S. The van der Waals surface area contributed by atoms with Crippen LogP contribution in [-0.2, 0) is 11.3 Å². The lowest BCUT2D eigenvalue weighted by Gasteiger charge is -2.13. The second kappa shape index (κ2) is 10.3. The van der Waals surface area contributed by atoms with Gasteiger partial charge in [-0.2, -0.15) is 0 Å². The van der Waals surface area contributed by atoms with E-state index in [4.69, 9.17) is 23.2 Å². The Morgan fingerprint density at radius 2 is 1.81 bits per heavy atom. The topological polar surface area (TPSA) is 76.9 Å². The van der Waals surface area contributed by atoms with Crippen molar-refractivity contribution in [3.63, 3.8) is 0 Å². The van der Waals surface area contributed by atoms with Crippen molar-refractivity contribution in [2.75, 3.05) is 11.1 Å². The fourth-order valence-corrected chi connectivity index (χ4v) is 4.15. The molecule has 0 aliphatic rings. The average Bonchev–Trinajstić information content (AvgIpc) is 3.08. The number of benzene rings is 2. The van der Waals surface area contributed by atoms with E-state index in [1.165, 1.54) is 18.7 Å². The lowest BCUT2D eigenvalue weighted by atomic mass is 10.1. The molecule has 0 bridgehead atoms. The Morgan fingerprint density at radius 3 is 2.42 bits per heavy atom. The summed E-state index contributed by atoms with van der Waals surface area (Å²) in [4.78, 5) is 23.8. The number of aromatic nitrogens is 3. The maximum Gasteiger partial charge on any atom is 0.234 e. The Bertz CT molecular complexity index is 1100. The number of thioether (sulfide) groups is 1. The first-order valence-corrected chi connectivity index (χ1v) is 11.4. The molecule has 3 aromatic rings. The van der Waals surface area contributed by atoms with Gasteiger partial charge in [-0.1, -0.05) is 48.8 Å². The molecule has 6 nitrogen and oxygen atoms in total. The third kappa shape index (κ3) is 6.09. The first-order chi connectivity index (χ1) is 14.7. The highest BCUT2D eigenvalue weighted by Crippen LogP contribution is 2.32. The molecule has 1 aromatic heterocycles. The van der Waals surface area contributed by atoms with Gasteiger partial charge in [-0.05, 0) is 55.3 Å². The van der Waals surface area contributed by atoms with Crippen molar-refractivity contribution in [3.8, 4) is 11.4 Å². The zero-order chi connectivity index (χ0) is 22.5. The lowest BCUT2D eigenvalue weighted by Crippen LogP contribution is -2.15. The Morgan fingerprint density at radius 1 is 1.10 bits per heavy atom. The van der Waals surface area contributed by atoms with Crippen LogP contribution in [0.15, 0.2) is 47.6 Å². The molecule has 31 heavy (non-hydrogen) atoms. The van der Waals surface area contributed by atoms with Crippen LogP contribution < -0.4 is 5.32 Å². The molecule has 1 amide bonds. The summed E-state index contributed by atoms with van der Waals surface area (Å²) in [6.45, 7) is 6.37. The minimum atomic E-state index is -0.175. The summed E-state index contributed by atoms with van der Waals surface area (Å²) in [5, 5.41) is 13.1. The SMILES string of the molecule is CC(=O)c1ccc(NC(=O)CSc2nnc(-c3ccc(Cl)cc3Cl)n2CC(C)C)cc1. The predicted octanol–water partition coefficient (Wildman–Crippen LogP) is 5.84. The second-order valence-corrected chi connectivity index (χ2v) is 9.19. The van der Waals surface area contributed by atoms with Gasteiger partial charge >= 0.3 is 0 Å². The van der Waals surface area contributed by atoms with Crippen molar-refractivity contribution in [2.45, 2.75) is 32.5 Å². The minimum absolute atomic E-state index is 0.0190. The zero-order valence-corrected chi connectivity index (χ0v) is 19.7. The van der Waals surface area contributed by atoms with Crippen molar-refractivity contribution in [1.29, 1.82) is 0 Å². The van der Waals surface area contributed by atoms with E-state index in [0.717, 1.165) is 5.56 Å². The Balaban J connectivity index is 1.74. The van der Waals surface area contributed by atoms with E-state index in [1.54, 1.807) is 36.4 Å². The number of amides is 1. The van der Waals surface area contributed by atoms with Gasteiger partial charge in [0.25, 0.3) is 0 Å². The average molecular weight is 477 g/mol. The largest absolute Gasteiger partial charge is 0.325 e. The van der Waals surface area contributed by atoms with E-state index in [2.05, 4.69) is 29.4 Å². The smallest absolute Gasteiger partial charge is 0.234 e. The van der Waals surface area contributed by atoms with Crippen LogP contribution in [0.3, 0.4) is 0 Å². The van der Waals surface area contributed by atoms with Gasteiger partial charge < -0.3 is 9.88 Å². The standard InChI is InChI=1S/C22H22Cl2N4O2S/c1-13(2)11-28-21(18-9-6-16(23)10-19(18)24)26-27-22(28)31-12-20(30)25-17-7-4-15(5-8-17)14(3)29/h4-10,13H,11-12H2,1-3H3,(H,25,30). The van der Waals surface area contributed by atoms with E-state index in [9.17, 15) is 9.59 Å². The highest BCUT2D eigenvalue weighted by atomic mass is 35.5. The predicted molar refractivity (Wildman–Crippen MR) is 126 cm³/mol. The third-order valence-corrected chi connectivity index (χ3v) is 5.86. The van der Waals surface area contributed by atoms with Crippen LogP contribution in [-0.4, -0.2) is 32.2 Å². The molecule has 0 spiro atoms. The third-order valence-electron chi connectivity index (χ3n) is 4.34. The molecule has 9 heteroatoms. The van der Waals surface area contributed by atoms with Gasteiger partial charge in [0.2, 0.25) is 5.91 Å². The van der Waals surface area contributed by atoms with Crippen LogP contribution in [0.2, 0.25) is 10.0 Å². The van der Waals surface area contributed by atoms with Crippen molar-refractivity contribution in [3.05, 3.63) is 58.1 Å². The number of nitrogens with zero attached hydrogens (tertiary/aromatic N) is 3. The van der Waals surface area contributed by atoms with Crippen LogP contribution in [0.1, 0.15) is 31.1 Å². The van der Waals surface area contributed by atoms with Crippen molar-refractivity contribution >= 4 is 52.3 Å². The normalized spacial score (nSPS) is 11.0. The van der Waals surface area contributed by atoms with Gasteiger partial charge in [0, 0.05) is 28.4 Å². The molecule has 0 unspecified atom stereocenters. The van der Waals surface area contributed by atoms with Crippen LogP contribution in [0.4, 0.5) is 5.69 Å². The number of halogens is 2. The molecule has 0 atom stereocenters. The number of anilines is 1. The highest BCUT2D eigenvalue weighted by molar-refractivity contribution is 7.99. The molecule has 0 fully saturated rings. The first-order valence-electron chi connectivity index (χ1n) is 9.67. The van der Waals surface area contributed by atoms with E-state index < -0.39 is 0 Å². The van der Waals surface area contributed by atoms with Gasteiger partial charge in [0.1, 0.15) is 0 Å². The van der Waals surface area contributed by atoms with Crippen LogP contribution in [0.25, 0.3) is 11.4 Å². The molecule has 1 N–H and O–H groups in total. The quantitative estimate of drug-likeness (QED) is 0.326. The summed E-state index contributed by atoms with van der Waals surface area (Å²) >= 11 is 13.7. The number of carbonyl (C=O) groups is 2. The van der Waals surface area contributed by atoms with Crippen LogP contribution in [0.5, 0.6) is 0 Å². The van der Waals surface area contributed by atoms with Crippen LogP contribution >= 0.6 is 35.0 Å². The summed E-state index contributed by atoms with van der Waals surface area (Å²) in [7, 11) is 0. The summed E-state index contributed by atoms with van der Waals surface area (Å²) in [5.41, 5.74) is 1.97. The number of hydrogen-bond donors (Lipinski definition) is 1. The van der Waals surface area contributed by atoms with Gasteiger partial charge in [0.15, 0.2) is 16.8 Å². The van der Waals surface area contributed by atoms with Gasteiger partial charge in [-0.3, -0.25) is 9.59 Å². The lowest BCUT2D eigenvalue weighted by molar-refractivity contribution is -0.113. The molecule has 0 radical (unpaired) electrons. The van der Waals surface area contributed by atoms with Crippen molar-refractivity contribution in [2.24, 2.45) is 5.92 Å². The monoisotopic (exact) mass is 476 g/mol. The van der Waals surface area contributed by atoms with Crippen molar-refractivity contribution < 1.29 is 9.59 Å². The number of Topliss-reactive ketones (excluding diaryl/α,β-unsaturated/α-hetero) is 1. The highest BCUT2D eigenvalue weighted by Gasteiger charge is 2.18. The van der Waals surface area contributed by atoms with Gasteiger partial charge in [0.05, 0.1) is 10.8 Å². The number of nitrogens with one attached hydrogen (secondary N) is 1. The fraction of sp³-hybridized carbons (Fsp3) is 0.273. The summed E-state index contributed by atoms with van der Waals surface area (Å²) < 4.78 is 1.97. The number of rotatable bonds is 8. The van der Waals surface area contributed by atoms with E-state index in [1.807, 2.05) is 10.6 Å². The molecular weight excluding hydrogens is 455 g/mol. The Labute approximate surface area is 195 Å². The minimum Gasteiger partial charge on any atom is -0.325 e. The van der Waals surface area contributed by atoms with E-state index in [0.29, 0.717) is 44.7 Å². The van der Waals surface area contributed by atoms with E-state index >= 15 is 0 Å². The Kier molecular flexibility index (Phi) is 7.75. The number of carbonyl (C=O) groups excluding carboxylic acids is 2. The Hall–Kier alpha value is -2.35. The summed E-state index contributed by atoms with van der Waals surface area (Å²) in [5.74, 6) is 0.950. The number of ketones is 1. The zero-order valence-electron chi connectivity index (χ0n) is 17.4. The molecule has 162 valence electrons. The molecule has 0 saturated carbocycles. The molecule has 2 aromatic carbocycles. The van der Waals surface area contributed by atoms with E-state index in [-0.39, 0.29) is 17.4 Å². The molecule has 1 heterocycles. The molecule has 0 aliphatic carbocycles. The molecule has 0 saturated heterocycles. The van der Waals surface area contributed by atoms with Gasteiger partial charge in [-0.25, -0.2) is 0 Å². The molecule has 3 rings (SSSR count). The fourth-order valence-electron chi connectivity index (χ4n) is 2.91. The van der Waals surface area contributed by atoms with Crippen LogP contribution in [0, 0.1) is 5.92 Å². The van der Waals surface area contributed by atoms with Crippen molar-refractivity contribution in [1.82, 2.24) is 14.8 Å². The summed E-state index contributed by atoms with van der Waals surface area (Å²) in [6, 6.07) is 12.0. The van der Waals surface area contributed by atoms with Gasteiger partial charge in [-0.15, -0.1) is 10.2 Å². The maximum atomic E-state index is 12.4.